The maximum atomic E-state index is 13.0. The van der Waals surface area contributed by atoms with Gasteiger partial charge < -0.3 is 10.4 Å². The average Bonchev–Trinajstić information content (AvgIpc) is 2.78. The molecule has 7 heteroatoms. The predicted octanol–water partition coefficient (Wildman–Crippen LogP) is 1.81. The third-order valence-electron chi connectivity index (χ3n) is 2.40. The number of anilines is 1. The fraction of sp³-hybridized carbons (Fsp3) is 0.0833. The molecule has 1 aromatic heterocycles. The number of aromatic carboxylic acids is 1. The van der Waals surface area contributed by atoms with Gasteiger partial charge in [-0.2, -0.15) is 5.10 Å². The zero-order valence-corrected chi connectivity index (χ0v) is 9.90. The molecule has 1 heterocycles. The van der Waals surface area contributed by atoms with Crippen molar-refractivity contribution in [2.45, 2.75) is 6.92 Å². The molecule has 1 amide bonds. The Hall–Kier alpha value is -2.70. The van der Waals surface area contributed by atoms with Crippen LogP contribution in [0.1, 0.15) is 26.5 Å². The first kappa shape index (κ1) is 12.7. The van der Waals surface area contributed by atoms with Crippen LogP contribution in [0.5, 0.6) is 0 Å². The summed E-state index contributed by atoms with van der Waals surface area (Å²) in [6.07, 6.45) is 0. The van der Waals surface area contributed by atoms with Crippen molar-refractivity contribution in [1.29, 1.82) is 0 Å². The predicted molar refractivity (Wildman–Crippen MR) is 64.6 cm³/mol. The fourth-order valence-electron chi connectivity index (χ4n) is 1.52. The highest BCUT2D eigenvalue weighted by atomic mass is 19.1. The molecule has 6 nitrogen and oxygen atoms in total. The van der Waals surface area contributed by atoms with Crippen molar-refractivity contribution in [3.8, 4) is 0 Å². The van der Waals surface area contributed by atoms with E-state index in [1.807, 2.05) is 0 Å². The van der Waals surface area contributed by atoms with E-state index in [0.717, 1.165) is 12.1 Å². The molecule has 2 aromatic rings. The van der Waals surface area contributed by atoms with Crippen molar-refractivity contribution in [3.05, 3.63) is 47.0 Å². The number of carbonyl (C=O) groups excluding carboxylic acids is 1. The molecule has 3 N–H and O–H groups in total. The lowest BCUT2D eigenvalue weighted by molar-refractivity contribution is 0.0697. The lowest BCUT2D eigenvalue weighted by Crippen LogP contribution is -2.15. The number of nitrogens with one attached hydrogen (secondary N) is 2. The molecular weight excluding hydrogens is 253 g/mol. The lowest BCUT2D eigenvalue weighted by atomic mass is 10.1. The van der Waals surface area contributed by atoms with Crippen LogP contribution in [0.25, 0.3) is 0 Å². The van der Waals surface area contributed by atoms with E-state index in [2.05, 4.69) is 15.5 Å². The second kappa shape index (κ2) is 4.89. The maximum Gasteiger partial charge on any atom is 0.337 e. The van der Waals surface area contributed by atoms with E-state index in [1.54, 1.807) is 6.92 Å². The van der Waals surface area contributed by atoms with Crippen molar-refractivity contribution in [3.63, 3.8) is 0 Å². The second-order valence-electron chi connectivity index (χ2n) is 3.89. The topological polar surface area (TPSA) is 95.1 Å². The summed E-state index contributed by atoms with van der Waals surface area (Å²) in [6.45, 7) is 1.73. The van der Waals surface area contributed by atoms with Crippen molar-refractivity contribution < 1.29 is 19.1 Å². The number of hydrogen-bond acceptors (Lipinski definition) is 3. The summed E-state index contributed by atoms with van der Waals surface area (Å²) in [6, 6.07) is 4.61. The summed E-state index contributed by atoms with van der Waals surface area (Å²) in [5.41, 5.74) is 0.515. The highest BCUT2D eigenvalue weighted by molar-refractivity contribution is 6.06. The van der Waals surface area contributed by atoms with E-state index in [4.69, 9.17) is 5.11 Å². The van der Waals surface area contributed by atoms with Gasteiger partial charge >= 0.3 is 5.97 Å². The van der Waals surface area contributed by atoms with E-state index in [-0.39, 0.29) is 16.9 Å². The number of amides is 1. The van der Waals surface area contributed by atoms with Crippen LogP contribution in [-0.2, 0) is 0 Å². The fourth-order valence-corrected chi connectivity index (χ4v) is 1.52. The van der Waals surface area contributed by atoms with Crippen molar-refractivity contribution in [2.75, 3.05) is 5.32 Å². The first-order valence-corrected chi connectivity index (χ1v) is 5.33. The first-order chi connectivity index (χ1) is 8.97. The van der Waals surface area contributed by atoms with Gasteiger partial charge in [-0.15, -0.1) is 0 Å². The third kappa shape index (κ3) is 2.76. The van der Waals surface area contributed by atoms with Crippen LogP contribution in [0.2, 0.25) is 0 Å². The molecule has 0 radical (unpaired) electrons. The minimum Gasteiger partial charge on any atom is -0.478 e. The summed E-state index contributed by atoms with van der Waals surface area (Å²) in [5, 5.41) is 17.7. The minimum atomic E-state index is -1.33. The van der Waals surface area contributed by atoms with Crippen molar-refractivity contribution in [2.24, 2.45) is 0 Å². The molecule has 0 saturated carbocycles. The Bertz CT molecular complexity index is 651. The number of hydrogen-bond donors (Lipinski definition) is 3. The van der Waals surface area contributed by atoms with Gasteiger partial charge in [0.05, 0.1) is 11.3 Å². The van der Waals surface area contributed by atoms with E-state index in [9.17, 15) is 14.0 Å². The third-order valence-corrected chi connectivity index (χ3v) is 2.40. The van der Waals surface area contributed by atoms with Crippen LogP contribution in [0, 0.1) is 12.7 Å². The number of carbonyl (C=O) groups is 2. The Balaban J connectivity index is 2.28. The first-order valence-electron chi connectivity index (χ1n) is 5.33. The summed E-state index contributed by atoms with van der Waals surface area (Å²) < 4.78 is 13.0. The number of nitrogens with zero attached hydrogens (tertiary/aromatic N) is 1. The van der Waals surface area contributed by atoms with Crippen LogP contribution in [0.15, 0.2) is 24.3 Å². The van der Waals surface area contributed by atoms with Gasteiger partial charge in [0, 0.05) is 5.69 Å². The Kier molecular flexibility index (Phi) is 3.28. The number of carboxylic acid groups (broad SMARTS) is 1. The molecule has 98 valence electrons. The smallest absolute Gasteiger partial charge is 0.337 e. The average molecular weight is 263 g/mol. The number of benzene rings is 1. The van der Waals surface area contributed by atoms with Gasteiger partial charge in [-0.1, -0.05) is 0 Å². The second-order valence-corrected chi connectivity index (χ2v) is 3.89. The zero-order chi connectivity index (χ0) is 14.0. The highest BCUT2D eigenvalue weighted by Gasteiger charge is 2.15. The van der Waals surface area contributed by atoms with Crippen LogP contribution in [0.4, 0.5) is 10.1 Å². The highest BCUT2D eigenvalue weighted by Crippen LogP contribution is 2.18. The Morgan fingerprint density at radius 1 is 1.37 bits per heavy atom. The van der Waals surface area contributed by atoms with Crippen LogP contribution in [-0.4, -0.2) is 27.2 Å². The zero-order valence-electron chi connectivity index (χ0n) is 9.90. The van der Waals surface area contributed by atoms with Gasteiger partial charge in [0.25, 0.3) is 5.91 Å². The molecule has 0 saturated heterocycles. The van der Waals surface area contributed by atoms with Crippen LogP contribution < -0.4 is 5.32 Å². The van der Waals surface area contributed by atoms with Gasteiger partial charge in [-0.05, 0) is 31.2 Å². The number of aromatic nitrogens is 2. The lowest BCUT2D eigenvalue weighted by Gasteiger charge is -2.07. The monoisotopic (exact) mass is 263 g/mol. The van der Waals surface area contributed by atoms with Crippen molar-refractivity contribution in [1.82, 2.24) is 10.2 Å². The number of H-pyrrole nitrogens is 1. The van der Waals surface area contributed by atoms with Crippen molar-refractivity contribution >= 4 is 17.6 Å². The largest absolute Gasteiger partial charge is 0.478 e. The summed E-state index contributed by atoms with van der Waals surface area (Å²) in [4.78, 5) is 22.8. The van der Waals surface area contributed by atoms with Gasteiger partial charge in [0.15, 0.2) is 5.69 Å². The molecule has 0 aliphatic rings. The summed E-state index contributed by atoms with van der Waals surface area (Å²) in [7, 11) is 0. The molecule has 0 spiro atoms. The molecule has 0 bridgehead atoms. The number of aryl methyl sites for hydroxylation is 1. The van der Waals surface area contributed by atoms with E-state index in [1.165, 1.54) is 12.1 Å². The number of aromatic amines is 1. The molecular formula is C12H10FN3O3. The molecule has 2 rings (SSSR count). The van der Waals surface area contributed by atoms with E-state index < -0.39 is 17.7 Å². The molecule has 0 unspecified atom stereocenters. The van der Waals surface area contributed by atoms with Gasteiger partial charge in [0.2, 0.25) is 0 Å². The minimum absolute atomic E-state index is 0.0135. The molecule has 1 aromatic carbocycles. The number of halogens is 1. The molecule has 19 heavy (non-hydrogen) atoms. The van der Waals surface area contributed by atoms with Gasteiger partial charge in [-0.3, -0.25) is 9.89 Å². The van der Waals surface area contributed by atoms with Crippen LogP contribution >= 0.6 is 0 Å². The van der Waals surface area contributed by atoms with Crippen LogP contribution in [0.3, 0.4) is 0 Å². The summed E-state index contributed by atoms with van der Waals surface area (Å²) >= 11 is 0. The Morgan fingerprint density at radius 3 is 2.68 bits per heavy atom. The summed E-state index contributed by atoms with van der Waals surface area (Å²) in [5.74, 6) is -2.59. The molecule has 0 aliphatic carbocycles. The van der Waals surface area contributed by atoms with E-state index >= 15 is 0 Å². The van der Waals surface area contributed by atoms with E-state index in [0.29, 0.717) is 5.69 Å². The maximum absolute atomic E-state index is 13.0. The Morgan fingerprint density at radius 2 is 2.11 bits per heavy atom. The quantitative estimate of drug-likeness (QED) is 0.787. The van der Waals surface area contributed by atoms with Gasteiger partial charge in [-0.25, -0.2) is 9.18 Å². The molecule has 0 fully saturated rings. The Labute approximate surface area is 107 Å². The molecule has 0 atom stereocenters. The normalized spacial score (nSPS) is 10.2. The standard InChI is InChI=1S/C12H10FN3O3/c1-6-4-10(16-15-6)11(17)14-9-3-2-7(13)5-8(9)12(18)19/h2-5H,1H3,(H,14,17)(H,15,16)(H,18,19). The number of rotatable bonds is 3. The van der Waals surface area contributed by atoms with Gasteiger partial charge in [0.1, 0.15) is 5.82 Å². The number of carboxylic acids is 1. The SMILES string of the molecule is Cc1cc(C(=O)Nc2ccc(F)cc2C(=O)O)n[nH]1. The molecule has 0 aliphatic heterocycles.